The van der Waals surface area contributed by atoms with Crippen molar-refractivity contribution < 1.29 is 39.2 Å². The van der Waals surface area contributed by atoms with E-state index in [4.69, 9.17) is 17.3 Å². The molecule has 4 atom stereocenters. The molecule has 10 nitrogen and oxygen atoms in total. The van der Waals surface area contributed by atoms with Gasteiger partial charge in [0.1, 0.15) is 29.5 Å². The third-order valence-corrected chi connectivity index (χ3v) is 9.21. The van der Waals surface area contributed by atoms with Crippen molar-refractivity contribution in [2.75, 3.05) is 33.9 Å². The van der Waals surface area contributed by atoms with Crippen LogP contribution in [0.1, 0.15) is 36.0 Å². The molecule has 0 saturated heterocycles. The molecule has 0 spiro atoms. The Kier molecular flexibility index (Phi) is 7.23. The monoisotopic (exact) mass is 577 g/mol. The van der Waals surface area contributed by atoms with E-state index in [9.17, 15) is 39.2 Å². The largest absolute Gasteiger partial charge is 0.508 e. The fourth-order valence-corrected chi connectivity index (χ4v) is 7.01. The molecule has 40 heavy (non-hydrogen) atoms. The minimum absolute atomic E-state index is 0.0251. The summed E-state index contributed by atoms with van der Waals surface area (Å²) in [5.74, 6) is -6.63. The van der Waals surface area contributed by atoms with Gasteiger partial charge in [-0.2, -0.15) is 0 Å². The summed E-state index contributed by atoms with van der Waals surface area (Å²) in [6.07, 6.45) is 2.24. The second-order valence-corrected chi connectivity index (χ2v) is 11.9. The van der Waals surface area contributed by atoms with E-state index in [0.29, 0.717) is 23.6 Å². The van der Waals surface area contributed by atoms with Crippen LogP contribution in [0, 0.1) is 17.8 Å². The van der Waals surface area contributed by atoms with Gasteiger partial charge in [0.2, 0.25) is 5.78 Å². The Balaban J connectivity index is 1.61. The summed E-state index contributed by atoms with van der Waals surface area (Å²) in [6.45, 7) is 0.666. The fraction of sp³-hybridized carbons (Fsp3) is 0.536. The normalized spacial score (nSPS) is 28.2. The highest BCUT2D eigenvalue weighted by Crippen LogP contribution is 2.53. The summed E-state index contributed by atoms with van der Waals surface area (Å²) in [6, 6.07) is 0.217. The number of likely N-dealkylation sites (N-methyl/N-ethyl adjacent to an activating group) is 1. The summed E-state index contributed by atoms with van der Waals surface area (Å²) in [4.78, 5) is 42.5. The zero-order valence-corrected chi connectivity index (χ0v) is 23.0. The molecule has 6 N–H and O–H groups in total. The molecule has 0 aromatic heterocycles. The Labute approximate surface area is 235 Å². The molecule has 0 unspecified atom stereocenters. The number of fused-ring (bicyclic) bond motifs is 3. The van der Waals surface area contributed by atoms with Gasteiger partial charge in [-0.25, -0.2) is 4.39 Å². The molecular weight excluding hydrogens is 545 g/mol. The van der Waals surface area contributed by atoms with Gasteiger partial charge in [-0.1, -0.05) is 11.6 Å². The highest BCUT2D eigenvalue weighted by atomic mass is 35.5. The van der Waals surface area contributed by atoms with Crippen LogP contribution in [-0.2, 0) is 27.3 Å². The summed E-state index contributed by atoms with van der Waals surface area (Å²) in [5.41, 5.74) is 2.43. The number of carbonyl (C=O) groups is 3. The topological polar surface area (TPSA) is 165 Å². The average molecular weight is 578 g/mol. The molecule has 1 aromatic carbocycles. The van der Waals surface area contributed by atoms with Crippen LogP contribution in [0.4, 0.5) is 4.39 Å². The van der Waals surface area contributed by atoms with Crippen LogP contribution in [0.2, 0.25) is 5.02 Å². The Morgan fingerprint density at radius 3 is 2.48 bits per heavy atom. The second kappa shape index (κ2) is 10.1. The first-order valence-corrected chi connectivity index (χ1v) is 13.7. The molecule has 0 heterocycles. The van der Waals surface area contributed by atoms with Gasteiger partial charge in [0, 0.05) is 36.1 Å². The van der Waals surface area contributed by atoms with Crippen molar-refractivity contribution in [1.82, 2.24) is 9.80 Å². The van der Waals surface area contributed by atoms with E-state index in [1.54, 1.807) is 14.1 Å². The zero-order chi connectivity index (χ0) is 29.3. The second-order valence-electron chi connectivity index (χ2n) is 11.6. The number of phenols is 1. The molecule has 4 aliphatic carbocycles. The standard InChI is InChI=1S/C28H33ClFN3O7/c1-32(2)22-16-8-13-7-15-19(17(34)9-14(21(15)29)11-33(6-5-30)10-12-3-4-12)23(35)18(13)25(37)28(16,40)26(38)20(24(22)36)27(31)39/h9,12-13,16,22,34-35,38,40H,3-8,10-11H2,1-2H3,(H2,31,39)/t13-,16-,22-,28-/m0/s1. The van der Waals surface area contributed by atoms with Crippen LogP contribution in [0.25, 0.3) is 5.76 Å². The third kappa shape index (κ3) is 4.30. The summed E-state index contributed by atoms with van der Waals surface area (Å²) in [7, 11) is 3.08. The first-order chi connectivity index (χ1) is 18.8. The predicted octanol–water partition coefficient (Wildman–Crippen LogP) is 1.80. The number of alkyl halides is 1. The lowest BCUT2D eigenvalue weighted by atomic mass is 9.57. The van der Waals surface area contributed by atoms with Crippen molar-refractivity contribution >= 4 is 34.8 Å². The van der Waals surface area contributed by atoms with Crippen LogP contribution in [0.15, 0.2) is 23.0 Å². The maximum atomic E-state index is 13.9. The highest BCUT2D eigenvalue weighted by Gasteiger charge is 2.64. The Hall–Kier alpha value is -2.99. The Morgan fingerprint density at radius 1 is 1.23 bits per heavy atom. The lowest BCUT2D eigenvalue weighted by molar-refractivity contribution is -0.153. The summed E-state index contributed by atoms with van der Waals surface area (Å²) >= 11 is 6.81. The van der Waals surface area contributed by atoms with E-state index in [0.717, 1.165) is 12.8 Å². The lowest BCUT2D eigenvalue weighted by Crippen LogP contribution is -2.65. The number of benzene rings is 1. The molecule has 2 saturated carbocycles. The van der Waals surface area contributed by atoms with Crippen molar-refractivity contribution in [2.45, 2.75) is 43.9 Å². The van der Waals surface area contributed by atoms with Crippen LogP contribution in [-0.4, -0.2) is 93.2 Å². The van der Waals surface area contributed by atoms with Gasteiger partial charge >= 0.3 is 0 Å². The molecule has 0 bridgehead atoms. The van der Waals surface area contributed by atoms with Gasteiger partial charge in [-0.15, -0.1) is 0 Å². The molecule has 1 amide bonds. The molecule has 216 valence electrons. The fourth-order valence-electron chi connectivity index (χ4n) is 6.72. The van der Waals surface area contributed by atoms with Crippen LogP contribution in [0.5, 0.6) is 5.75 Å². The maximum Gasteiger partial charge on any atom is 0.255 e. The van der Waals surface area contributed by atoms with E-state index < -0.39 is 64.7 Å². The van der Waals surface area contributed by atoms with Gasteiger partial charge < -0.3 is 26.2 Å². The molecular formula is C28H33ClFN3O7. The summed E-state index contributed by atoms with van der Waals surface area (Å²) < 4.78 is 13.2. The highest BCUT2D eigenvalue weighted by molar-refractivity contribution is 6.32. The van der Waals surface area contributed by atoms with E-state index in [2.05, 4.69) is 0 Å². The molecule has 5 rings (SSSR count). The van der Waals surface area contributed by atoms with Crippen molar-refractivity contribution in [3.8, 4) is 5.75 Å². The van der Waals surface area contributed by atoms with Gasteiger partial charge in [0.25, 0.3) is 5.91 Å². The third-order valence-electron chi connectivity index (χ3n) is 8.74. The number of primary amides is 1. The Bertz CT molecular complexity index is 1370. The van der Waals surface area contributed by atoms with E-state index in [1.807, 2.05) is 4.90 Å². The van der Waals surface area contributed by atoms with Crippen molar-refractivity contribution in [2.24, 2.45) is 23.5 Å². The first kappa shape index (κ1) is 28.5. The number of nitrogens with two attached hydrogens (primary N) is 1. The van der Waals surface area contributed by atoms with Crippen LogP contribution < -0.4 is 5.73 Å². The minimum atomic E-state index is -2.69. The van der Waals surface area contributed by atoms with E-state index in [-0.39, 0.29) is 47.8 Å². The van der Waals surface area contributed by atoms with Gasteiger partial charge in [-0.3, -0.25) is 24.2 Å². The number of hydrogen-bond acceptors (Lipinski definition) is 9. The lowest BCUT2D eigenvalue weighted by Gasteiger charge is -2.50. The van der Waals surface area contributed by atoms with Gasteiger partial charge in [0.15, 0.2) is 11.4 Å². The van der Waals surface area contributed by atoms with Gasteiger partial charge in [0.05, 0.1) is 11.6 Å². The smallest absolute Gasteiger partial charge is 0.255 e. The number of carbonyl (C=O) groups excluding carboxylic acids is 3. The number of halogens is 2. The van der Waals surface area contributed by atoms with Crippen molar-refractivity contribution in [3.05, 3.63) is 44.7 Å². The molecule has 2 fully saturated rings. The van der Waals surface area contributed by atoms with E-state index >= 15 is 0 Å². The zero-order valence-electron chi connectivity index (χ0n) is 22.3. The quantitative estimate of drug-likeness (QED) is 0.290. The molecule has 4 aliphatic rings. The van der Waals surface area contributed by atoms with E-state index in [1.165, 1.54) is 11.0 Å². The molecule has 1 aromatic rings. The summed E-state index contributed by atoms with van der Waals surface area (Å²) in [5, 5.41) is 45.1. The van der Waals surface area contributed by atoms with Crippen LogP contribution in [0.3, 0.4) is 0 Å². The first-order valence-electron chi connectivity index (χ1n) is 13.3. The number of aromatic hydroxyl groups is 1. The minimum Gasteiger partial charge on any atom is -0.508 e. The molecule has 0 aliphatic heterocycles. The average Bonchev–Trinajstić information content (AvgIpc) is 3.68. The Morgan fingerprint density at radius 2 is 1.90 bits per heavy atom. The molecule has 0 radical (unpaired) electrons. The molecule has 12 heteroatoms. The SMILES string of the molecule is CN(C)[C@@H]1C(=O)C(C(N)=O)=C(O)[C@@]2(O)C(=O)C3=C(O)c4c(O)cc(CN(CCF)CC5CC5)c(Cl)c4C[C@H]3C[C@@H]12. The maximum absolute atomic E-state index is 13.9. The van der Waals surface area contributed by atoms with Crippen molar-refractivity contribution in [1.29, 1.82) is 0 Å². The van der Waals surface area contributed by atoms with Crippen molar-refractivity contribution in [3.63, 3.8) is 0 Å². The van der Waals surface area contributed by atoms with Crippen LogP contribution >= 0.6 is 11.6 Å². The number of aliphatic hydroxyl groups is 3. The number of Topliss-reactive ketones (excluding diaryl/α,β-unsaturated/α-hetero) is 2. The number of rotatable bonds is 8. The number of nitrogens with zero attached hydrogens (tertiary/aromatic N) is 2. The number of ketones is 2. The number of amides is 1. The number of phenolic OH excluding ortho intramolecular Hbond substituents is 1. The predicted molar refractivity (Wildman–Crippen MR) is 143 cm³/mol. The van der Waals surface area contributed by atoms with Gasteiger partial charge in [-0.05, 0) is 68.8 Å². The number of hydrogen-bond donors (Lipinski definition) is 5. The number of aliphatic hydroxyl groups excluding tert-OH is 2.